The van der Waals surface area contributed by atoms with Gasteiger partial charge in [-0.2, -0.15) is 0 Å². The second-order valence-corrected chi connectivity index (χ2v) is 5.52. The first-order valence-electron chi connectivity index (χ1n) is 7.29. The van der Waals surface area contributed by atoms with Gasteiger partial charge in [0.05, 0.1) is 12.2 Å². The van der Waals surface area contributed by atoms with Crippen LogP contribution in [0.15, 0.2) is 12.2 Å². The van der Waals surface area contributed by atoms with E-state index in [2.05, 4.69) is 19.1 Å². The topological polar surface area (TPSA) is 29.5 Å². The van der Waals surface area contributed by atoms with Crippen molar-refractivity contribution in [3.8, 4) is 0 Å². The number of hydrogen-bond acceptors (Lipinski definition) is 2. The van der Waals surface area contributed by atoms with Gasteiger partial charge in [-0.15, -0.1) is 0 Å². The molecular weight excluding hydrogens is 212 g/mol. The molecule has 1 aliphatic carbocycles. The molecule has 98 valence electrons. The number of unbranched alkanes of at least 4 members (excludes halogenated alkanes) is 4. The Morgan fingerprint density at radius 1 is 1.29 bits per heavy atom. The van der Waals surface area contributed by atoms with Gasteiger partial charge in [0.2, 0.25) is 0 Å². The predicted molar refractivity (Wildman–Crippen MR) is 69.9 cm³/mol. The van der Waals surface area contributed by atoms with Gasteiger partial charge in [-0.05, 0) is 25.2 Å². The number of ether oxygens (including phenoxy) is 1. The Morgan fingerprint density at radius 3 is 3.00 bits per heavy atom. The SMILES string of the molecule is CCCCCCC=CC1C(O)CC2OCCC21. The van der Waals surface area contributed by atoms with E-state index in [9.17, 15) is 5.11 Å². The van der Waals surface area contributed by atoms with E-state index in [0.29, 0.717) is 17.9 Å². The van der Waals surface area contributed by atoms with Crippen LogP contribution in [-0.4, -0.2) is 23.9 Å². The molecule has 1 saturated heterocycles. The van der Waals surface area contributed by atoms with Crippen molar-refractivity contribution in [2.75, 3.05) is 6.61 Å². The zero-order valence-corrected chi connectivity index (χ0v) is 11.0. The van der Waals surface area contributed by atoms with Gasteiger partial charge in [0.25, 0.3) is 0 Å². The molecule has 2 fully saturated rings. The molecule has 4 atom stereocenters. The zero-order chi connectivity index (χ0) is 12.1. The highest BCUT2D eigenvalue weighted by Crippen LogP contribution is 2.41. The summed E-state index contributed by atoms with van der Waals surface area (Å²) in [6.07, 6.45) is 13.1. The van der Waals surface area contributed by atoms with Crippen molar-refractivity contribution in [1.82, 2.24) is 0 Å². The summed E-state index contributed by atoms with van der Waals surface area (Å²) in [6.45, 7) is 3.13. The molecule has 17 heavy (non-hydrogen) atoms. The number of aliphatic hydroxyl groups is 1. The lowest BCUT2D eigenvalue weighted by molar-refractivity contribution is 0.0805. The van der Waals surface area contributed by atoms with Crippen LogP contribution in [0.3, 0.4) is 0 Å². The fourth-order valence-corrected chi connectivity index (χ4v) is 3.24. The third kappa shape index (κ3) is 3.32. The highest BCUT2D eigenvalue weighted by Gasteiger charge is 2.44. The highest BCUT2D eigenvalue weighted by molar-refractivity contribution is 5.04. The van der Waals surface area contributed by atoms with Crippen molar-refractivity contribution in [1.29, 1.82) is 0 Å². The van der Waals surface area contributed by atoms with Crippen LogP contribution < -0.4 is 0 Å². The maximum atomic E-state index is 10.0. The summed E-state index contributed by atoms with van der Waals surface area (Å²) < 4.78 is 5.64. The van der Waals surface area contributed by atoms with E-state index in [1.807, 2.05) is 0 Å². The zero-order valence-electron chi connectivity index (χ0n) is 11.0. The van der Waals surface area contributed by atoms with E-state index >= 15 is 0 Å². The molecular formula is C15H26O2. The van der Waals surface area contributed by atoms with Gasteiger partial charge in [0.1, 0.15) is 0 Å². The van der Waals surface area contributed by atoms with Crippen LogP contribution in [0.4, 0.5) is 0 Å². The molecule has 1 heterocycles. The van der Waals surface area contributed by atoms with Crippen LogP contribution in [0.5, 0.6) is 0 Å². The predicted octanol–water partition coefficient (Wildman–Crippen LogP) is 3.30. The second kappa shape index (κ2) is 6.55. The van der Waals surface area contributed by atoms with Crippen LogP contribution in [-0.2, 0) is 4.74 Å². The summed E-state index contributed by atoms with van der Waals surface area (Å²) in [4.78, 5) is 0. The molecule has 0 aromatic carbocycles. The first kappa shape index (κ1) is 13.1. The highest BCUT2D eigenvalue weighted by atomic mass is 16.5. The molecule has 0 radical (unpaired) electrons. The minimum absolute atomic E-state index is 0.169. The van der Waals surface area contributed by atoms with Crippen molar-refractivity contribution in [3.63, 3.8) is 0 Å². The van der Waals surface area contributed by atoms with E-state index in [4.69, 9.17) is 4.74 Å². The number of aliphatic hydroxyl groups excluding tert-OH is 1. The van der Waals surface area contributed by atoms with E-state index in [1.54, 1.807) is 0 Å². The van der Waals surface area contributed by atoms with E-state index in [-0.39, 0.29) is 6.10 Å². The minimum Gasteiger partial charge on any atom is -0.392 e. The van der Waals surface area contributed by atoms with Crippen molar-refractivity contribution in [2.24, 2.45) is 11.8 Å². The first-order valence-corrected chi connectivity index (χ1v) is 7.29. The van der Waals surface area contributed by atoms with Gasteiger partial charge in [-0.25, -0.2) is 0 Å². The standard InChI is InChI=1S/C15H26O2/c1-2-3-4-5-6-7-8-12-13-9-10-17-15(13)11-14(12)16/h7-8,12-16H,2-6,9-11H2,1H3. The largest absolute Gasteiger partial charge is 0.392 e. The van der Waals surface area contributed by atoms with Gasteiger partial charge >= 0.3 is 0 Å². The molecule has 1 N–H and O–H groups in total. The van der Waals surface area contributed by atoms with E-state index < -0.39 is 0 Å². The number of hydrogen-bond donors (Lipinski definition) is 1. The summed E-state index contributed by atoms with van der Waals surface area (Å²) in [5, 5.41) is 10.0. The van der Waals surface area contributed by atoms with Gasteiger partial charge < -0.3 is 9.84 Å². The van der Waals surface area contributed by atoms with Crippen molar-refractivity contribution >= 4 is 0 Å². The lowest BCUT2D eigenvalue weighted by Gasteiger charge is -2.15. The fraction of sp³-hybridized carbons (Fsp3) is 0.867. The Hall–Kier alpha value is -0.340. The molecule has 0 bridgehead atoms. The van der Waals surface area contributed by atoms with E-state index in [1.165, 1.54) is 32.1 Å². The van der Waals surface area contributed by atoms with Gasteiger partial charge in [-0.3, -0.25) is 0 Å². The summed E-state index contributed by atoms with van der Waals surface area (Å²) in [5.41, 5.74) is 0. The molecule has 2 rings (SSSR count). The summed E-state index contributed by atoms with van der Waals surface area (Å²) in [6, 6.07) is 0. The smallest absolute Gasteiger partial charge is 0.0635 e. The Bertz CT molecular complexity index is 249. The minimum atomic E-state index is -0.169. The third-order valence-corrected chi connectivity index (χ3v) is 4.26. The first-order chi connectivity index (χ1) is 8.33. The lowest BCUT2D eigenvalue weighted by atomic mass is 9.91. The summed E-state index contributed by atoms with van der Waals surface area (Å²) in [7, 11) is 0. The third-order valence-electron chi connectivity index (χ3n) is 4.26. The number of fused-ring (bicyclic) bond motifs is 1. The normalized spacial score (nSPS) is 36.8. The van der Waals surface area contributed by atoms with Crippen molar-refractivity contribution in [2.45, 2.75) is 64.1 Å². The van der Waals surface area contributed by atoms with Crippen LogP contribution in [0, 0.1) is 11.8 Å². The van der Waals surface area contributed by atoms with Gasteiger partial charge in [0.15, 0.2) is 0 Å². The Kier molecular flexibility index (Phi) is 5.05. The molecule has 0 spiro atoms. The second-order valence-electron chi connectivity index (χ2n) is 5.52. The lowest BCUT2D eigenvalue weighted by Crippen LogP contribution is -2.17. The van der Waals surface area contributed by atoms with Gasteiger partial charge in [-0.1, -0.05) is 38.3 Å². The molecule has 1 saturated carbocycles. The molecule has 2 aliphatic rings. The Balaban J connectivity index is 1.72. The van der Waals surface area contributed by atoms with Gasteiger partial charge in [0, 0.05) is 18.9 Å². The molecule has 2 nitrogen and oxygen atoms in total. The number of rotatable bonds is 6. The average molecular weight is 238 g/mol. The Labute approximate surface area is 105 Å². The number of allylic oxidation sites excluding steroid dienone is 1. The van der Waals surface area contributed by atoms with Crippen molar-refractivity contribution < 1.29 is 9.84 Å². The van der Waals surface area contributed by atoms with Crippen LogP contribution in [0.2, 0.25) is 0 Å². The molecule has 0 aromatic rings. The van der Waals surface area contributed by atoms with Crippen LogP contribution in [0.25, 0.3) is 0 Å². The maximum absolute atomic E-state index is 10.0. The molecule has 0 aromatic heterocycles. The van der Waals surface area contributed by atoms with Crippen LogP contribution in [0.1, 0.15) is 51.9 Å². The van der Waals surface area contributed by atoms with E-state index in [0.717, 1.165) is 19.4 Å². The quantitative estimate of drug-likeness (QED) is 0.568. The molecule has 4 unspecified atom stereocenters. The fourth-order valence-electron chi connectivity index (χ4n) is 3.24. The maximum Gasteiger partial charge on any atom is 0.0635 e. The summed E-state index contributed by atoms with van der Waals surface area (Å²) in [5.74, 6) is 0.936. The van der Waals surface area contributed by atoms with Crippen molar-refractivity contribution in [3.05, 3.63) is 12.2 Å². The summed E-state index contributed by atoms with van der Waals surface area (Å²) >= 11 is 0. The monoisotopic (exact) mass is 238 g/mol. The average Bonchev–Trinajstić information content (AvgIpc) is 2.85. The van der Waals surface area contributed by atoms with Crippen LogP contribution >= 0.6 is 0 Å². The molecule has 1 aliphatic heterocycles. The molecule has 0 amide bonds. The Morgan fingerprint density at radius 2 is 2.18 bits per heavy atom. The molecule has 2 heteroatoms.